The molecule has 0 radical (unpaired) electrons. The molecule has 2 aliphatic carbocycles. The highest BCUT2D eigenvalue weighted by Gasteiger charge is 2.30. The molecule has 2 heterocycles. The third kappa shape index (κ3) is 2.96. The molecule has 0 spiro atoms. The summed E-state index contributed by atoms with van der Waals surface area (Å²) >= 11 is 1.87. The predicted octanol–water partition coefficient (Wildman–Crippen LogP) is 3.89. The second kappa shape index (κ2) is 5.71. The summed E-state index contributed by atoms with van der Waals surface area (Å²) in [5, 5.41) is 5.00. The van der Waals surface area contributed by atoms with Gasteiger partial charge in [0, 0.05) is 17.0 Å². The third-order valence-corrected chi connectivity index (χ3v) is 6.67. The van der Waals surface area contributed by atoms with Crippen LogP contribution in [0, 0.1) is 5.41 Å². The summed E-state index contributed by atoms with van der Waals surface area (Å²) in [6, 6.07) is 0.883. The molecule has 4 nitrogen and oxygen atoms in total. The lowest BCUT2D eigenvalue weighted by Crippen LogP contribution is -2.33. The van der Waals surface area contributed by atoms with E-state index < -0.39 is 0 Å². The molecule has 23 heavy (non-hydrogen) atoms. The fourth-order valence-corrected chi connectivity index (χ4v) is 5.17. The van der Waals surface area contributed by atoms with Crippen LogP contribution in [-0.2, 0) is 12.8 Å². The Hall–Kier alpha value is -1.20. The zero-order valence-corrected chi connectivity index (χ0v) is 14.9. The van der Waals surface area contributed by atoms with Crippen molar-refractivity contribution in [1.29, 1.82) is 0 Å². The third-order valence-electron chi connectivity index (χ3n) is 5.47. The second-order valence-electron chi connectivity index (χ2n) is 8.00. The molecule has 0 amide bonds. The minimum Gasteiger partial charge on any atom is -0.367 e. The number of anilines is 1. The Balaban J connectivity index is 1.69. The number of nitrogens with one attached hydrogen (secondary N) is 1. The molecule has 0 bridgehead atoms. The van der Waals surface area contributed by atoms with Crippen LogP contribution in [0.2, 0.25) is 0 Å². The number of thiophene rings is 1. The molecule has 5 heteroatoms. The van der Waals surface area contributed by atoms with Gasteiger partial charge in [0.1, 0.15) is 17.0 Å². The first-order valence-corrected chi connectivity index (χ1v) is 9.61. The van der Waals surface area contributed by atoms with Gasteiger partial charge >= 0.3 is 0 Å². The van der Waals surface area contributed by atoms with Gasteiger partial charge in [-0.05, 0) is 55.9 Å². The van der Waals surface area contributed by atoms with E-state index in [2.05, 4.69) is 29.1 Å². The Morgan fingerprint density at radius 1 is 1.22 bits per heavy atom. The molecule has 4 rings (SSSR count). The van der Waals surface area contributed by atoms with Crippen molar-refractivity contribution in [2.45, 2.75) is 70.9 Å². The highest BCUT2D eigenvalue weighted by atomic mass is 32.1. The number of hydrogen-bond acceptors (Lipinski definition) is 5. The molecule has 0 unspecified atom stereocenters. The van der Waals surface area contributed by atoms with Crippen molar-refractivity contribution in [3.63, 3.8) is 0 Å². The van der Waals surface area contributed by atoms with Gasteiger partial charge in [-0.25, -0.2) is 9.97 Å². The minimum absolute atomic E-state index is 0.381. The quantitative estimate of drug-likeness (QED) is 0.877. The number of aromatic nitrogens is 2. The summed E-state index contributed by atoms with van der Waals surface area (Å²) in [4.78, 5) is 11.8. The maximum Gasteiger partial charge on any atom is 0.138 e. The number of aryl methyl sites for hydroxylation is 1. The van der Waals surface area contributed by atoms with Gasteiger partial charge in [0.2, 0.25) is 0 Å². The molecule has 1 saturated carbocycles. The lowest BCUT2D eigenvalue weighted by molar-refractivity contribution is 0.319. The minimum atomic E-state index is 0.381. The first-order valence-electron chi connectivity index (χ1n) is 8.79. The lowest BCUT2D eigenvalue weighted by Gasteiger charge is -2.30. The van der Waals surface area contributed by atoms with Gasteiger partial charge in [-0.1, -0.05) is 13.8 Å². The van der Waals surface area contributed by atoms with Crippen LogP contribution in [0.15, 0.2) is 6.33 Å². The molecule has 3 N–H and O–H groups in total. The first kappa shape index (κ1) is 15.3. The summed E-state index contributed by atoms with van der Waals surface area (Å²) < 4.78 is 0. The number of nitrogens with two attached hydrogens (primary N) is 1. The van der Waals surface area contributed by atoms with Crippen molar-refractivity contribution in [2.24, 2.45) is 11.1 Å². The molecule has 2 aromatic rings. The van der Waals surface area contributed by atoms with Crippen molar-refractivity contribution in [3.05, 3.63) is 16.8 Å². The van der Waals surface area contributed by atoms with Gasteiger partial charge in [0.15, 0.2) is 0 Å². The number of hydrogen-bond donors (Lipinski definition) is 2. The Bertz CT molecular complexity index is 713. The van der Waals surface area contributed by atoms with Crippen LogP contribution in [0.4, 0.5) is 5.82 Å². The maximum atomic E-state index is 6.03. The number of nitrogens with zero attached hydrogens (tertiary/aromatic N) is 2. The summed E-state index contributed by atoms with van der Waals surface area (Å²) in [5.74, 6) is 1.05. The van der Waals surface area contributed by atoms with Crippen LogP contribution in [0.3, 0.4) is 0 Å². The van der Waals surface area contributed by atoms with Gasteiger partial charge < -0.3 is 11.1 Å². The summed E-state index contributed by atoms with van der Waals surface area (Å²) in [6.45, 7) is 4.75. The van der Waals surface area contributed by atoms with Gasteiger partial charge in [0.05, 0.1) is 5.39 Å². The standard InChI is InChI=1S/C18H26N4S/c1-18(2)8-7-14-13(9-18)15-16(20-10-21-17(15)23-14)22-12-5-3-11(19)4-6-12/h10-12H,3-9,19H2,1-2H3,(H,20,21,22). The largest absolute Gasteiger partial charge is 0.367 e. The first-order chi connectivity index (χ1) is 11.0. The molecule has 0 aliphatic heterocycles. The van der Waals surface area contributed by atoms with E-state index in [4.69, 9.17) is 5.73 Å². The molecular formula is C18H26N4S. The van der Waals surface area contributed by atoms with Crippen LogP contribution >= 0.6 is 11.3 Å². The number of fused-ring (bicyclic) bond motifs is 3. The van der Waals surface area contributed by atoms with Crippen LogP contribution in [0.5, 0.6) is 0 Å². The fourth-order valence-electron chi connectivity index (χ4n) is 4.01. The van der Waals surface area contributed by atoms with E-state index in [0.717, 1.165) is 42.8 Å². The van der Waals surface area contributed by atoms with E-state index in [1.807, 2.05) is 11.3 Å². The zero-order valence-electron chi connectivity index (χ0n) is 14.1. The van der Waals surface area contributed by atoms with Crippen LogP contribution in [0.1, 0.15) is 56.4 Å². The van der Waals surface area contributed by atoms with Crippen molar-refractivity contribution < 1.29 is 0 Å². The zero-order chi connectivity index (χ0) is 16.0. The lowest BCUT2D eigenvalue weighted by atomic mass is 9.76. The summed E-state index contributed by atoms with van der Waals surface area (Å²) in [6.07, 6.45) is 9.81. The summed E-state index contributed by atoms with van der Waals surface area (Å²) in [5.41, 5.74) is 7.91. The van der Waals surface area contributed by atoms with Gasteiger partial charge in [0.25, 0.3) is 0 Å². The van der Waals surface area contributed by atoms with E-state index in [0.29, 0.717) is 17.5 Å². The molecule has 0 aromatic carbocycles. The normalized spacial score (nSPS) is 26.9. The van der Waals surface area contributed by atoms with Crippen LogP contribution in [-0.4, -0.2) is 22.1 Å². The smallest absolute Gasteiger partial charge is 0.138 e. The second-order valence-corrected chi connectivity index (χ2v) is 9.09. The SMILES string of the molecule is CC1(C)CCc2sc3ncnc(NC4CCC(N)CC4)c3c2C1. The van der Waals surface area contributed by atoms with Crippen molar-refractivity contribution in [2.75, 3.05) is 5.32 Å². The van der Waals surface area contributed by atoms with E-state index in [9.17, 15) is 0 Å². The Morgan fingerprint density at radius 2 is 2.00 bits per heavy atom. The van der Waals surface area contributed by atoms with Crippen LogP contribution in [0.25, 0.3) is 10.2 Å². The summed E-state index contributed by atoms with van der Waals surface area (Å²) in [7, 11) is 0. The average molecular weight is 331 g/mol. The predicted molar refractivity (Wildman–Crippen MR) is 97.1 cm³/mol. The number of rotatable bonds is 2. The molecule has 2 aliphatic rings. The molecule has 2 aromatic heterocycles. The van der Waals surface area contributed by atoms with Gasteiger partial charge in [-0.3, -0.25) is 0 Å². The van der Waals surface area contributed by atoms with E-state index >= 15 is 0 Å². The Labute approximate surface area is 141 Å². The van der Waals surface area contributed by atoms with Gasteiger partial charge in [-0.2, -0.15) is 0 Å². The monoisotopic (exact) mass is 330 g/mol. The highest BCUT2D eigenvalue weighted by molar-refractivity contribution is 7.19. The molecular weight excluding hydrogens is 304 g/mol. The van der Waals surface area contributed by atoms with E-state index in [1.54, 1.807) is 6.33 Å². The molecule has 0 saturated heterocycles. The molecule has 124 valence electrons. The Kier molecular flexibility index (Phi) is 3.81. The highest BCUT2D eigenvalue weighted by Crippen LogP contribution is 2.44. The van der Waals surface area contributed by atoms with Crippen molar-refractivity contribution in [3.8, 4) is 0 Å². The molecule has 0 atom stereocenters. The van der Waals surface area contributed by atoms with Crippen LogP contribution < -0.4 is 11.1 Å². The Morgan fingerprint density at radius 3 is 2.78 bits per heavy atom. The van der Waals surface area contributed by atoms with E-state index in [-0.39, 0.29) is 0 Å². The topological polar surface area (TPSA) is 63.8 Å². The fraction of sp³-hybridized carbons (Fsp3) is 0.667. The maximum absolute atomic E-state index is 6.03. The van der Waals surface area contributed by atoms with E-state index in [1.165, 1.54) is 28.7 Å². The molecule has 1 fully saturated rings. The van der Waals surface area contributed by atoms with Gasteiger partial charge in [-0.15, -0.1) is 11.3 Å². The van der Waals surface area contributed by atoms with Crippen molar-refractivity contribution in [1.82, 2.24) is 9.97 Å². The van der Waals surface area contributed by atoms with Crippen molar-refractivity contribution >= 4 is 27.4 Å². The average Bonchev–Trinajstić information content (AvgIpc) is 2.87.